The average Bonchev–Trinajstić information content (AvgIpc) is 3.71. The zero-order valence-electron chi connectivity index (χ0n) is 34.3. The number of hydrogen-bond acceptors (Lipinski definition) is 2. The van der Waals surface area contributed by atoms with Crippen molar-refractivity contribution in [1.82, 2.24) is 0 Å². The first-order chi connectivity index (χ1) is 30.6. The molecule has 1 nitrogen and oxygen atoms in total. The van der Waals surface area contributed by atoms with Crippen LogP contribution in [-0.2, 0) is 0 Å². The van der Waals surface area contributed by atoms with Crippen LogP contribution < -0.4 is 5.32 Å². The third kappa shape index (κ3) is 5.46. The number of hydrogen-bond donors (Lipinski definition) is 1. The van der Waals surface area contributed by atoms with Crippen molar-refractivity contribution in [2.75, 3.05) is 5.32 Å². The Kier molecular flexibility index (Phi) is 7.95. The van der Waals surface area contributed by atoms with Crippen LogP contribution in [0.15, 0.2) is 200 Å². The molecular formula is C60H41NS. The fraction of sp³-hybridized carbons (Fsp3) is 0.0667. The summed E-state index contributed by atoms with van der Waals surface area (Å²) in [6.07, 6.45) is 2.49. The molecule has 62 heavy (non-hydrogen) atoms. The molecule has 1 aliphatic heterocycles. The van der Waals surface area contributed by atoms with Crippen LogP contribution in [0.5, 0.6) is 0 Å². The Morgan fingerprint density at radius 2 is 1.10 bits per heavy atom. The Bertz CT molecular complexity index is 3510. The molecule has 2 aliphatic carbocycles. The Labute approximate surface area is 366 Å². The summed E-state index contributed by atoms with van der Waals surface area (Å²) in [5, 5.41) is 10.5. The molecule has 2 heterocycles. The summed E-state index contributed by atoms with van der Waals surface area (Å²) >= 11 is 2.00. The maximum atomic E-state index is 4.01. The van der Waals surface area contributed by atoms with E-state index in [1.807, 2.05) is 11.3 Å². The fourth-order valence-electron chi connectivity index (χ4n) is 11.0. The third-order valence-electron chi connectivity index (χ3n) is 13.9. The van der Waals surface area contributed by atoms with Gasteiger partial charge in [0.25, 0.3) is 0 Å². The van der Waals surface area contributed by atoms with Crippen LogP contribution in [0.3, 0.4) is 0 Å². The Hall–Kier alpha value is -7.26. The van der Waals surface area contributed by atoms with Gasteiger partial charge in [-0.1, -0.05) is 176 Å². The lowest BCUT2D eigenvalue weighted by molar-refractivity contribution is 0.725. The number of rotatable bonds is 4. The zero-order valence-corrected chi connectivity index (χ0v) is 35.1. The lowest BCUT2D eigenvalue weighted by atomic mass is 9.64. The molecule has 0 fully saturated rings. The summed E-state index contributed by atoms with van der Waals surface area (Å²) in [4.78, 5) is 1.47. The van der Waals surface area contributed by atoms with E-state index < -0.39 is 0 Å². The van der Waals surface area contributed by atoms with Crippen LogP contribution in [0.2, 0.25) is 0 Å². The van der Waals surface area contributed by atoms with Gasteiger partial charge < -0.3 is 5.32 Å². The van der Waals surface area contributed by atoms with E-state index in [-0.39, 0.29) is 17.9 Å². The van der Waals surface area contributed by atoms with E-state index in [1.54, 1.807) is 0 Å². The predicted molar refractivity (Wildman–Crippen MR) is 265 cm³/mol. The second-order valence-electron chi connectivity index (χ2n) is 17.2. The molecule has 0 bridgehead atoms. The van der Waals surface area contributed by atoms with Gasteiger partial charge in [-0.25, -0.2) is 0 Å². The van der Waals surface area contributed by atoms with E-state index in [4.69, 9.17) is 0 Å². The summed E-state index contributed by atoms with van der Waals surface area (Å²) in [6.45, 7) is 2.30. The molecule has 0 spiro atoms. The van der Waals surface area contributed by atoms with Crippen molar-refractivity contribution in [3.63, 3.8) is 0 Å². The van der Waals surface area contributed by atoms with Crippen LogP contribution in [0.25, 0.3) is 76.7 Å². The van der Waals surface area contributed by atoms with Gasteiger partial charge in [0.05, 0.1) is 6.04 Å². The van der Waals surface area contributed by atoms with Gasteiger partial charge in [-0.3, -0.25) is 0 Å². The summed E-state index contributed by atoms with van der Waals surface area (Å²) in [7, 11) is 0. The number of allylic oxidation sites excluding steroid dienone is 2. The van der Waals surface area contributed by atoms with Crippen molar-refractivity contribution in [2.45, 2.75) is 24.8 Å². The van der Waals surface area contributed by atoms with Crippen molar-refractivity contribution >= 4 is 71.5 Å². The highest BCUT2D eigenvalue weighted by Gasteiger charge is 2.42. The van der Waals surface area contributed by atoms with Gasteiger partial charge >= 0.3 is 0 Å². The number of nitrogens with one attached hydrogen (secondary N) is 1. The van der Waals surface area contributed by atoms with E-state index in [0.29, 0.717) is 0 Å². The Balaban J connectivity index is 0.937. The van der Waals surface area contributed by atoms with Gasteiger partial charge in [0.15, 0.2) is 0 Å². The van der Waals surface area contributed by atoms with Gasteiger partial charge in [0.2, 0.25) is 0 Å². The third-order valence-corrected chi connectivity index (χ3v) is 15.1. The SMILES string of the molecule is CC1=C(c2ccc3cc(-c4ccccc4)ccc3c2)C(c2ccc(C3=Cc4ccccc4C4c5ccccc5-c5c(sc6cc7ccccc7cc56)[C@H]34)cc2)Nc2ccccc21. The standard InChI is InChI=1S/C60H41NS/c1-36-47-18-11-12-22-53(47)61-59(55(36)46-30-29-43-31-42(27-28-44(43)32-46)37-13-3-2-4-14-37)39-25-23-38(24-26-39)51-34-45-17-7-8-19-48(45)56-49-20-9-10-21-50(49)57-52-33-40-15-5-6-16-41(40)35-54(52)62-60(57)58(51)56/h2-35,56,58-59,61H,1H3/t56?,58-,59?/m1/s1. The lowest BCUT2D eigenvalue weighted by Gasteiger charge is -2.39. The number of anilines is 1. The van der Waals surface area contributed by atoms with Crippen molar-refractivity contribution in [1.29, 1.82) is 0 Å². The van der Waals surface area contributed by atoms with Crippen LogP contribution in [0.1, 0.15) is 68.6 Å². The summed E-state index contributed by atoms with van der Waals surface area (Å²) < 4.78 is 1.36. The maximum absolute atomic E-state index is 4.01. The minimum absolute atomic E-state index is 0.0151. The molecule has 0 saturated carbocycles. The molecule has 10 aromatic rings. The molecule has 3 atom stereocenters. The van der Waals surface area contributed by atoms with Crippen molar-refractivity contribution in [2.24, 2.45) is 0 Å². The second-order valence-corrected chi connectivity index (χ2v) is 18.3. The summed E-state index contributed by atoms with van der Waals surface area (Å²) in [5.74, 6) is 0.418. The Morgan fingerprint density at radius 3 is 1.92 bits per heavy atom. The highest BCUT2D eigenvalue weighted by molar-refractivity contribution is 7.20. The topological polar surface area (TPSA) is 12.0 Å². The minimum Gasteiger partial charge on any atom is -0.374 e. The first-order valence-corrected chi connectivity index (χ1v) is 22.6. The predicted octanol–water partition coefficient (Wildman–Crippen LogP) is 16.4. The first kappa shape index (κ1) is 35.5. The summed E-state index contributed by atoms with van der Waals surface area (Å²) in [6, 6.07) is 74.8. The molecule has 1 aromatic heterocycles. The normalized spacial score (nSPS) is 17.4. The lowest BCUT2D eigenvalue weighted by Crippen LogP contribution is -2.22. The van der Waals surface area contributed by atoms with Crippen LogP contribution >= 0.6 is 11.3 Å². The van der Waals surface area contributed by atoms with Gasteiger partial charge in [-0.15, -0.1) is 11.3 Å². The van der Waals surface area contributed by atoms with Crippen molar-refractivity contribution in [3.05, 3.63) is 244 Å². The smallest absolute Gasteiger partial charge is 0.0776 e. The zero-order chi connectivity index (χ0) is 40.9. The van der Waals surface area contributed by atoms with E-state index >= 15 is 0 Å². The number of fused-ring (bicyclic) bond motifs is 13. The van der Waals surface area contributed by atoms with E-state index in [9.17, 15) is 0 Å². The fourth-order valence-corrected chi connectivity index (χ4v) is 12.4. The van der Waals surface area contributed by atoms with Crippen LogP contribution in [0.4, 0.5) is 5.69 Å². The van der Waals surface area contributed by atoms with Gasteiger partial charge in [-0.05, 0) is 126 Å². The molecular weight excluding hydrogens is 767 g/mol. The van der Waals surface area contributed by atoms with E-state index in [0.717, 1.165) is 0 Å². The average molecular weight is 808 g/mol. The van der Waals surface area contributed by atoms with Gasteiger partial charge in [-0.2, -0.15) is 0 Å². The maximum Gasteiger partial charge on any atom is 0.0776 e. The second kappa shape index (κ2) is 13.9. The molecule has 13 rings (SSSR count). The van der Waals surface area contributed by atoms with Crippen molar-refractivity contribution in [3.8, 4) is 22.3 Å². The molecule has 292 valence electrons. The molecule has 0 saturated heterocycles. The van der Waals surface area contributed by atoms with Crippen LogP contribution in [0, 0.1) is 0 Å². The van der Waals surface area contributed by atoms with E-state index in [2.05, 4.69) is 219 Å². The quantitative estimate of drug-likeness (QED) is 0.187. The number of thiophene rings is 1. The van der Waals surface area contributed by atoms with Crippen LogP contribution in [-0.4, -0.2) is 0 Å². The molecule has 1 N–H and O–H groups in total. The van der Waals surface area contributed by atoms with Crippen molar-refractivity contribution < 1.29 is 0 Å². The van der Waals surface area contributed by atoms with Gasteiger partial charge in [0.1, 0.15) is 0 Å². The highest BCUT2D eigenvalue weighted by atomic mass is 32.1. The largest absolute Gasteiger partial charge is 0.374 e. The molecule has 0 amide bonds. The molecule has 2 unspecified atom stereocenters. The number of para-hydroxylation sites is 1. The highest BCUT2D eigenvalue weighted by Crippen LogP contribution is 2.61. The minimum atomic E-state index is -0.0151. The molecule has 0 radical (unpaired) electrons. The molecule has 2 heteroatoms. The molecule has 3 aliphatic rings. The summed E-state index contributed by atoms with van der Waals surface area (Å²) in [5.41, 5.74) is 19.7. The van der Waals surface area contributed by atoms with E-state index in [1.165, 1.54) is 120 Å². The number of benzene rings is 9. The monoisotopic (exact) mass is 807 g/mol. The first-order valence-electron chi connectivity index (χ1n) is 21.8. The Morgan fingerprint density at radius 1 is 0.468 bits per heavy atom. The van der Waals surface area contributed by atoms with Gasteiger partial charge in [0, 0.05) is 43.6 Å². The molecule has 9 aromatic carbocycles.